The Bertz CT molecular complexity index is 3070. The van der Waals surface area contributed by atoms with Gasteiger partial charge in [-0.1, -0.05) is 70.9 Å². The van der Waals surface area contributed by atoms with Crippen LogP contribution in [0, 0.1) is 56.3 Å². The Morgan fingerprint density at radius 1 is 0.519 bits per heavy atom. The summed E-state index contributed by atoms with van der Waals surface area (Å²) < 4.78 is 21.4. The summed E-state index contributed by atoms with van der Waals surface area (Å²) >= 11 is 0. The van der Waals surface area contributed by atoms with Gasteiger partial charge in [0, 0.05) is 105 Å². The number of pyridine rings is 3. The van der Waals surface area contributed by atoms with E-state index in [0.717, 1.165) is 44.8 Å². The van der Waals surface area contributed by atoms with E-state index in [9.17, 15) is 14.4 Å². The van der Waals surface area contributed by atoms with E-state index in [1.54, 1.807) is 12.1 Å². The standard InChI is InChI=1S/C63H67N7O7/c1-45-10-14-48(15-11-45)19-22-52-38-55(66-58(40-52)60(71)74-7)43-69-31-29-68(30-32-70(34-33-69)44-56-39-53(41-59(67-56)61(72)75-8)23-20-49-16-12-46(2)13-17-49)42-54-37-51(36-47(3)65-54)21-18-50-24-26-57(27-25-50)76-35-9-28-64-62(73)77-63(4,5)6/h10-17,24-27,36-41H,9,28-35,42-44H2,1-8H3,(H,64,73). The first-order valence-corrected chi connectivity index (χ1v) is 25.8. The zero-order valence-corrected chi connectivity index (χ0v) is 45.4. The van der Waals surface area contributed by atoms with Crippen LogP contribution in [0.5, 0.6) is 5.75 Å². The maximum atomic E-state index is 13.0. The van der Waals surface area contributed by atoms with E-state index >= 15 is 0 Å². The Labute approximate surface area is 453 Å². The van der Waals surface area contributed by atoms with Crippen molar-refractivity contribution in [3.8, 4) is 41.3 Å². The summed E-state index contributed by atoms with van der Waals surface area (Å²) in [7, 11) is 2.70. The molecule has 0 radical (unpaired) electrons. The topological polar surface area (TPSA) is 149 Å². The van der Waals surface area contributed by atoms with E-state index in [1.807, 2.05) is 139 Å². The van der Waals surface area contributed by atoms with Gasteiger partial charge in [0.05, 0.1) is 37.9 Å². The van der Waals surface area contributed by atoms with Gasteiger partial charge < -0.3 is 24.3 Å². The molecule has 1 amide bonds. The molecule has 14 heteroatoms. The molecule has 4 heterocycles. The van der Waals surface area contributed by atoms with E-state index in [4.69, 9.17) is 33.9 Å². The fourth-order valence-corrected chi connectivity index (χ4v) is 8.24. The van der Waals surface area contributed by atoms with Crippen molar-refractivity contribution in [3.05, 3.63) is 188 Å². The van der Waals surface area contributed by atoms with Gasteiger partial charge in [-0.05, 0) is 133 Å². The Kier molecular flexibility index (Phi) is 20.1. The summed E-state index contributed by atoms with van der Waals surface area (Å²) in [5, 5.41) is 2.75. The lowest BCUT2D eigenvalue weighted by molar-refractivity contribution is 0.0523. The first-order valence-electron chi connectivity index (χ1n) is 25.8. The van der Waals surface area contributed by atoms with Crippen LogP contribution in [0.2, 0.25) is 0 Å². The van der Waals surface area contributed by atoms with Crippen molar-refractivity contribution in [2.75, 3.05) is 66.6 Å². The van der Waals surface area contributed by atoms with Crippen molar-refractivity contribution in [2.24, 2.45) is 0 Å². The highest BCUT2D eigenvalue weighted by molar-refractivity contribution is 5.88. The molecule has 7 rings (SSSR count). The number of aryl methyl sites for hydroxylation is 3. The van der Waals surface area contributed by atoms with Gasteiger partial charge in [0.2, 0.25) is 0 Å². The minimum absolute atomic E-state index is 0.192. The molecule has 0 atom stereocenters. The molecule has 0 aliphatic carbocycles. The molecule has 0 saturated carbocycles. The number of esters is 2. The molecule has 1 aliphatic rings. The van der Waals surface area contributed by atoms with Crippen LogP contribution < -0.4 is 10.1 Å². The molecule has 1 N–H and O–H groups in total. The average molecular weight is 1030 g/mol. The molecule has 77 heavy (non-hydrogen) atoms. The lowest BCUT2D eigenvalue weighted by atomic mass is 10.1. The second-order valence-corrected chi connectivity index (χ2v) is 19.9. The third-order valence-corrected chi connectivity index (χ3v) is 12.2. The number of methoxy groups -OCH3 is 2. The fraction of sp³-hybridized carbons (Fsp3) is 0.333. The molecule has 0 bridgehead atoms. The van der Waals surface area contributed by atoms with Crippen LogP contribution in [0.4, 0.5) is 4.79 Å². The van der Waals surface area contributed by atoms with Crippen molar-refractivity contribution in [2.45, 2.75) is 73.2 Å². The van der Waals surface area contributed by atoms with Crippen LogP contribution in [0.3, 0.4) is 0 Å². The molecule has 3 aromatic carbocycles. The number of hydrogen-bond donors (Lipinski definition) is 1. The van der Waals surface area contributed by atoms with E-state index in [0.29, 0.717) is 107 Å². The van der Waals surface area contributed by atoms with Crippen LogP contribution >= 0.6 is 0 Å². The Balaban J connectivity index is 1.10. The van der Waals surface area contributed by atoms with Crippen LogP contribution in [0.25, 0.3) is 0 Å². The fourth-order valence-electron chi connectivity index (χ4n) is 8.24. The SMILES string of the molecule is COC(=O)c1cc(C#Cc2ccc(C)cc2)cc(CN2CCN(Cc3cc(C#Cc4ccc(OCCCNC(=O)OC(C)(C)C)cc4)cc(C)n3)CCN(Cc3cc(C#Cc4ccc(C)cc4)cc(C(=O)OC)n3)CC2)n1. The number of rotatable bonds is 13. The molecular weight excluding hydrogens is 967 g/mol. The maximum absolute atomic E-state index is 13.0. The van der Waals surface area contributed by atoms with Gasteiger partial charge in [-0.15, -0.1) is 0 Å². The van der Waals surface area contributed by atoms with Crippen molar-refractivity contribution in [3.63, 3.8) is 0 Å². The molecule has 14 nitrogen and oxygen atoms in total. The summed E-state index contributed by atoms with van der Waals surface area (Å²) in [6.07, 6.45) is 0.188. The number of carbonyl (C=O) groups excluding carboxylic acids is 3. The van der Waals surface area contributed by atoms with Gasteiger partial charge in [0.1, 0.15) is 22.7 Å². The normalized spacial score (nSPS) is 13.1. The van der Waals surface area contributed by atoms with Crippen molar-refractivity contribution in [1.29, 1.82) is 0 Å². The number of hydrogen-bond acceptors (Lipinski definition) is 13. The number of aromatic nitrogens is 3. The monoisotopic (exact) mass is 1030 g/mol. The smallest absolute Gasteiger partial charge is 0.407 e. The summed E-state index contributed by atoms with van der Waals surface area (Å²) in [5.74, 6) is 19.3. The predicted molar refractivity (Wildman–Crippen MR) is 297 cm³/mol. The molecule has 3 aromatic heterocycles. The van der Waals surface area contributed by atoms with Crippen LogP contribution in [-0.2, 0) is 33.8 Å². The third kappa shape index (κ3) is 18.8. The van der Waals surface area contributed by atoms with Crippen LogP contribution in [0.15, 0.2) is 109 Å². The first kappa shape index (κ1) is 56.4. The molecule has 1 saturated heterocycles. The Morgan fingerprint density at radius 2 is 0.896 bits per heavy atom. The van der Waals surface area contributed by atoms with Gasteiger partial charge in [-0.2, -0.15) is 0 Å². The lowest BCUT2D eigenvalue weighted by Crippen LogP contribution is -2.36. The molecule has 6 aromatic rings. The second-order valence-electron chi connectivity index (χ2n) is 19.9. The highest BCUT2D eigenvalue weighted by Gasteiger charge is 2.21. The maximum Gasteiger partial charge on any atom is 0.407 e. The van der Waals surface area contributed by atoms with Gasteiger partial charge in [0.15, 0.2) is 0 Å². The van der Waals surface area contributed by atoms with Gasteiger partial charge in [-0.25, -0.2) is 24.4 Å². The van der Waals surface area contributed by atoms with Crippen LogP contribution in [0.1, 0.15) is 115 Å². The summed E-state index contributed by atoms with van der Waals surface area (Å²) in [6, 6.07) is 34.9. The number of benzene rings is 3. The van der Waals surface area contributed by atoms with Crippen LogP contribution in [-0.4, -0.2) is 120 Å². The van der Waals surface area contributed by atoms with Crippen molar-refractivity contribution >= 4 is 18.0 Å². The van der Waals surface area contributed by atoms with E-state index in [1.165, 1.54) is 14.2 Å². The quantitative estimate of drug-likeness (QED) is 0.0510. The van der Waals surface area contributed by atoms with E-state index in [-0.39, 0.29) is 11.4 Å². The highest BCUT2D eigenvalue weighted by Crippen LogP contribution is 2.18. The predicted octanol–water partition coefficient (Wildman–Crippen LogP) is 8.68. The summed E-state index contributed by atoms with van der Waals surface area (Å²) in [6.45, 7) is 18.0. The minimum atomic E-state index is -0.547. The Morgan fingerprint density at radius 3 is 1.30 bits per heavy atom. The molecule has 1 aliphatic heterocycles. The molecule has 0 spiro atoms. The van der Waals surface area contributed by atoms with E-state index in [2.05, 4.69) is 55.5 Å². The van der Waals surface area contributed by atoms with Crippen molar-refractivity contribution in [1.82, 2.24) is 35.0 Å². The third-order valence-electron chi connectivity index (χ3n) is 12.2. The van der Waals surface area contributed by atoms with Gasteiger partial charge in [-0.3, -0.25) is 19.7 Å². The number of carbonyl (C=O) groups is 3. The zero-order chi connectivity index (χ0) is 54.7. The zero-order valence-electron chi connectivity index (χ0n) is 45.4. The number of nitrogens with one attached hydrogen (secondary N) is 1. The number of ether oxygens (including phenoxy) is 4. The highest BCUT2D eigenvalue weighted by atomic mass is 16.6. The average Bonchev–Trinajstić information content (AvgIpc) is 3.49. The molecular formula is C63H67N7O7. The molecule has 1 fully saturated rings. The largest absolute Gasteiger partial charge is 0.494 e. The number of amides is 1. The minimum Gasteiger partial charge on any atom is -0.494 e. The first-order chi connectivity index (χ1) is 37.0. The molecule has 0 unspecified atom stereocenters. The van der Waals surface area contributed by atoms with E-state index < -0.39 is 23.6 Å². The van der Waals surface area contributed by atoms with Gasteiger partial charge in [0.25, 0.3) is 0 Å². The summed E-state index contributed by atoms with van der Waals surface area (Å²) in [5.41, 5.74) is 10.0. The Hall–Kier alpha value is -8.32. The van der Waals surface area contributed by atoms with Gasteiger partial charge >= 0.3 is 18.0 Å². The second kappa shape index (κ2) is 27.5. The van der Waals surface area contributed by atoms with Crippen molar-refractivity contribution < 1.29 is 33.3 Å². The molecule has 396 valence electrons. The summed E-state index contributed by atoms with van der Waals surface area (Å²) in [4.78, 5) is 59.4. The number of alkyl carbamates (subject to hydrolysis) is 1. The lowest BCUT2D eigenvalue weighted by Gasteiger charge is -2.25. The number of nitrogens with zero attached hydrogens (tertiary/aromatic N) is 6.